The molecule has 0 N–H and O–H groups in total. The van der Waals surface area contributed by atoms with Crippen LogP contribution < -0.4 is 0 Å². The van der Waals surface area contributed by atoms with Gasteiger partial charge in [-0.2, -0.15) is 0 Å². The van der Waals surface area contributed by atoms with E-state index in [0.29, 0.717) is 0 Å². The van der Waals surface area contributed by atoms with Gasteiger partial charge in [0.1, 0.15) is 0 Å². The molecule has 0 aliphatic carbocycles. The molecule has 0 fully saturated rings. The van der Waals surface area contributed by atoms with Crippen molar-refractivity contribution in [1.29, 1.82) is 0 Å². The fourth-order valence-corrected chi connectivity index (χ4v) is 1.36. The summed E-state index contributed by atoms with van der Waals surface area (Å²) in [6.07, 6.45) is 9.05. The maximum Gasteiger partial charge on any atom is 0.0717 e. The highest BCUT2D eigenvalue weighted by atomic mass is 14.7. The highest BCUT2D eigenvalue weighted by Crippen LogP contribution is 2.16. The molecular weight excluding hydrogens is 184 g/mol. The summed E-state index contributed by atoms with van der Waals surface area (Å²) in [5, 5.41) is 0. The molecule has 0 aliphatic heterocycles. The first-order valence-electron chi connectivity index (χ1n) is 4.72. The fraction of sp³-hybridized carbons (Fsp3) is 0. The van der Waals surface area contributed by atoms with Crippen LogP contribution >= 0.6 is 0 Å². The van der Waals surface area contributed by atoms with Gasteiger partial charge >= 0.3 is 0 Å². The lowest BCUT2D eigenvalue weighted by molar-refractivity contribution is 1.27. The van der Waals surface area contributed by atoms with Crippen LogP contribution in [0.5, 0.6) is 0 Å². The number of allylic oxidation sites excluding steroid dienone is 1. The van der Waals surface area contributed by atoms with Gasteiger partial charge in [-0.15, -0.1) is 0 Å². The second kappa shape index (κ2) is 4.51. The lowest BCUT2D eigenvalue weighted by Crippen LogP contribution is -1.84. The van der Waals surface area contributed by atoms with Crippen molar-refractivity contribution in [3.8, 4) is 11.3 Å². The number of hydrogen-bond donors (Lipinski definition) is 0. The van der Waals surface area contributed by atoms with Gasteiger partial charge in [-0.1, -0.05) is 18.2 Å². The highest BCUT2D eigenvalue weighted by Gasteiger charge is 1.98. The van der Waals surface area contributed by atoms with E-state index in [4.69, 9.17) is 0 Å². The maximum atomic E-state index is 4.27. The van der Waals surface area contributed by atoms with Crippen LogP contribution in [0.1, 0.15) is 5.56 Å². The molecule has 0 unspecified atom stereocenters. The van der Waals surface area contributed by atoms with Crippen molar-refractivity contribution in [3.63, 3.8) is 0 Å². The van der Waals surface area contributed by atoms with Crippen LogP contribution in [0.2, 0.25) is 0 Å². The Morgan fingerprint density at radius 3 is 2.87 bits per heavy atom. The van der Waals surface area contributed by atoms with E-state index in [9.17, 15) is 0 Å². The molecule has 2 aromatic rings. The predicted octanol–water partition coefficient (Wildman–Crippen LogP) is 2.99. The van der Waals surface area contributed by atoms with Crippen LogP contribution in [0.4, 0.5) is 0 Å². The summed E-state index contributed by atoms with van der Waals surface area (Å²) in [6, 6.07) is 7.87. The number of nitrogens with zero attached hydrogens (tertiary/aromatic N) is 2. The minimum atomic E-state index is 0.935. The van der Waals surface area contributed by atoms with Crippen molar-refractivity contribution >= 4 is 6.08 Å². The second-order valence-electron chi connectivity index (χ2n) is 3.12. The van der Waals surface area contributed by atoms with E-state index in [1.54, 1.807) is 18.5 Å². The van der Waals surface area contributed by atoms with E-state index in [1.807, 2.05) is 36.5 Å². The number of aromatic nitrogens is 2. The smallest absolute Gasteiger partial charge is 0.0717 e. The van der Waals surface area contributed by atoms with E-state index in [1.165, 1.54) is 0 Å². The van der Waals surface area contributed by atoms with Crippen molar-refractivity contribution in [2.75, 3.05) is 0 Å². The Morgan fingerprint density at radius 1 is 1.20 bits per heavy atom. The molecule has 0 aliphatic rings. The zero-order chi connectivity index (χ0) is 10.5. The summed E-state index contributed by atoms with van der Waals surface area (Å²) < 4.78 is 0. The average Bonchev–Trinajstić information content (AvgIpc) is 2.31. The molecule has 2 heterocycles. The Kier molecular flexibility index (Phi) is 2.88. The molecule has 15 heavy (non-hydrogen) atoms. The van der Waals surface area contributed by atoms with Crippen molar-refractivity contribution in [2.45, 2.75) is 0 Å². The lowest BCUT2D eigenvalue weighted by atomic mass is 10.1. The molecule has 0 saturated carbocycles. The van der Waals surface area contributed by atoms with Gasteiger partial charge < -0.3 is 0 Å². The number of hydrogen-bond acceptors (Lipinski definition) is 2. The Balaban J connectivity index is 2.41. The summed E-state index contributed by atoms with van der Waals surface area (Å²) in [6.45, 7) is 3.66. The Bertz CT molecular complexity index is 461. The summed E-state index contributed by atoms with van der Waals surface area (Å²) >= 11 is 0. The van der Waals surface area contributed by atoms with Crippen LogP contribution in [-0.4, -0.2) is 9.97 Å². The summed E-state index contributed by atoms with van der Waals surface area (Å²) in [7, 11) is 0. The molecule has 2 nitrogen and oxygen atoms in total. The molecule has 0 spiro atoms. The van der Waals surface area contributed by atoms with E-state index < -0.39 is 0 Å². The van der Waals surface area contributed by atoms with Crippen molar-refractivity contribution in [1.82, 2.24) is 9.97 Å². The molecule has 1 radical (unpaired) electrons. The van der Waals surface area contributed by atoms with E-state index >= 15 is 0 Å². The molecule has 73 valence electrons. The summed E-state index contributed by atoms with van der Waals surface area (Å²) in [5.41, 5.74) is 2.99. The minimum absolute atomic E-state index is 0.935. The third-order valence-electron chi connectivity index (χ3n) is 2.03. The molecule has 0 bridgehead atoms. The van der Waals surface area contributed by atoms with E-state index in [0.717, 1.165) is 16.8 Å². The zero-order valence-corrected chi connectivity index (χ0v) is 8.30. The minimum Gasteiger partial charge on any atom is -0.263 e. The van der Waals surface area contributed by atoms with Gasteiger partial charge in [0.05, 0.1) is 5.69 Å². The monoisotopic (exact) mass is 195 g/mol. The van der Waals surface area contributed by atoms with Crippen molar-refractivity contribution in [2.24, 2.45) is 0 Å². The van der Waals surface area contributed by atoms with Gasteiger partial charge in [0.2, 0.25) is 0 Å². The van der Waals surface area contributed by atoms with Crippen molar-refractivity contribution < 1.29 is 0 Å². The van der Waals surface area contributed by atoms with E-state index in [2.05, 4.69) is 16.9 Å². The first-order chi connectivity index (χ1) is 7.40. The third-order valence-corrected chi connectivity index (χ3v) is 2.03. The molecule has 0 saturated heterocycles. The number of pyridine rings is 2. The topological polar surface area (TPSA) is 25.8 Å². The van der Waals surface area contributed by atoms with Crippen LogP contribution in [0.25, 0.3) is 17.3 Å². The highest BCUT2D eigenvalue weighted by molar-refractivity contribution is 5.62. The Hall–Kier alpha value is -1.96. The largest absolute Gasteiger partial charge is 0.263 e. The summed E-state index contributed by atoms with van der Waals surface area (Å²) in [5.74, 6) is 0. The normalized spacial score (nSPS) is 10.7. The Morgan fingerprint density at radius 2 is 2.13 bits per heavy atom. The van der Waals surface area contributed by atoms with Crippen LogP contribution in [-0.2, 0) is 0 Å². The maximum absolute atomic E-state index is 4.27. The SMILES string of the molecule is [CH2]/C=C/c1cncc(-c2ccccn2)c1. The standard InChI is InChI=1S/C13H11N2/c1-2-5-11-8-12(10-14-9-11)13-6-3-4-7-15-13/h2-10H,1H2/b5-2+. The predicted molar refractivity (Wildman–Crippen MR) is 61.9 cm³/mol. The van der Waals surface area contributed by atoms with E-state index in [-0.39, 0.29) is 0 Å². The molecule has 2 aromatic heterocycles. The van der Waals surface area contributed by atoms with Gasteiger partial charge in [-0.3, -0.25) is 9.97 Å². The first-order valence-corrected chi connectivity index (χ1v) is 4.72. The van der Waals surface area contributed by atoms with Gasteiger partial charge in [-0.25, -0.2) is 0 Å². The van der Waals surface area contributed by atoms with Gasteiger partial charge in [-0.05, 0) is 30.7 Å². The van der Waals surface area contributed by atoms with Crippen LogP contribution in [0.15, 0.2) is 48.9 Å². The quantitative estimate of drug-likeness (QED) is 0.736. The Labute approximate surface area is 89.3 Å². The average molecular weight is 195 g/mol. The van der Waals surface area contributed by atoms with Crippen LogP contribution in [0.3, 0.4) is 0 Å². The third kappa shape index (κ3) is 2.29. The molecule has 0 amide bonds. The molecular formula is C13H11N2. The lowest BCUT2D eigenvalue weighted by Gasteiger charge is -2.00. The first kappa shape index (κ1) is 9.59. The summed E-state index contributed by atoms with van der Waals surface area (Å²) in [4.78, 5) is 8.43. The van der Waals surface area contributed by atoms with Gasteiger partial charge in [0, 0.05) is 24.2 Å². The molecule has 2 rings (SSSR count). The fourth-order valence-electron chi connectivity index (χ4n) is 1.36. The van der Waals surface area contributed by atoms with Crippen LogP contribution in [0, 0.1) is 6.92 Å². The second-order valence-corrected chi connectivity index (χ2v) is 3.12. The van der Waals surface area contributed by atoms with Crippen molar-refractivity contribution in [3.05, 3.63) is 61.4 Å². The van der Waals surface area contributed by atoms with Gasteiger partial charge in [0.15, 0.2) is 0 Å². The molecule has 0 aromatic carbocycles. The molecule has 0 atom stereocenters. The molecule has 2 heteroatoms. The zero-order valence-electron chi connectivity index (χ0n) is 8.30. The van der Waals surface area contributed by atoms with Gasteiger partial charge in [0.25, 0.3) is 0 Å². The number of rotatable bonds is 2.